The lowest BCUT2D eigenvalue weighted by molar-refractivity contribution is 0.995. The first-order chi connectivity index (χ1) is 28.2. The van der Waals surface area contributed by atoms with E-state index in [0.29, 0.717) is 5.95 Å². The number of aromatic nitrogens is 4. The Labute approximate surface area is 332 Å². The summed E-state index contributed by atoms with van der Waals surface area (Å²) in [5.74, 6) is 0.650. The van der Waals surface area contributed by atoms with Crippen LogP contribution in [0.15, 0.2) is 194 Å². The van der Waals surface area contributed by atoms with Crippen LogP contribution in [0.2, 0.25) is 0 Å². The van der Waals surface area contributed by atoms with Crippen LogP contribution in [0.5, 0.6) is 0 Å². The van der Waals surface area contributed by atoms with E-state index in [1.54, 1.807) is 0 Å². The van der Waals surface area contributed by atoms with E-state index in [1.165, 1.54) is 64.2 Å². The average Bonchev–Trinajstić information content (AvgIpc) is 3.94. The molecule has 0 unspecified atom stereocenters. The van der Waals surface area contributed by atoms with Gasteiger partial charge in [-0.15, -0.1) is 11.3 Å². The summed E-state index contributed by atoms with van der Waals surface area (Å²) in [6.07, 6.45) is 0. The monoisotopic (exact) mass is 744 g/mol. The molecule has 12 aromatic rings. The smallest absolute Gasteiger partial charge is 0.235 e. The molecule has 4 heterocycles. The highest BCUT2D eigenvalue weighted by molar-refractivity contribution is 7.25. The zero-order valence-corrected chi connectivity index (χ0v) is 31.5. The van der Waals surface area contributed by atoms with Gasteiger partial charge in [-0.3, -0.25) is 4.57 Å². The van der Waals surface area contributed by atoms with Gasteiger partial charge in [0.05, 0.1) is 33.5 Å². The van der Waals surface area contributed by atoms with Crippen LogP contribution in [0.3, 0.4) is 0 Å². The summed E-state index contributed by atoms with van der Waals surface area (Å²) in [5.41, 5.74) is 11.9. The van der Waals surface area contributed by atoms with Gasteiger partial charge in [-0.1, -0.05) is 127 Å². The molecule has 0 fully saturated rings. The second kappa shape index (κ2) is 12.6. The first kappa shape index (κ1) is 32.0. The fourth-order valence-corrected chi connectivity index (χ4v) is 9.79. The van der Waals surface area contributed by atoms with Crippen LogP contribution < -0.4 is 0 Å². The zero-order valence-electron chi connectivity index (χ0n) is 30.7. The highest BCUT2D eigenvalue weighted by Gasteiger charge is 2.19. The third kappa shape index (κ3) is 5.06. The van der Waals surface area contributed by atoms with E-state index in [-0.39, 0.29) is 0 Å². The summed E-state index contributed by atoms with van der Waals surface area (Å²) >= 11 is 1.86. The number of benzene rings is 8. The second-order valence-corrected chi connectivity index (χ2v) is 15.7. The second-order valence-electron chi connectivity index (χ2n) is 14.6. The molecule has 5 heteroatoms. The number of thiophene rings is 1. The predicted molar refractivity (Wildman–Crippen MR) is 240 cm³/mol. The van der Waals surface area contributed by atoms with Crippen molar-refractivity contribution in [3.63, 3.8) is 0 Å². The number of para-hydroxylation sites is 2. The molecule has 0 bridgehead atoms. The van der Waals surface area contributed by atoms with Gasteiger partial charge in [-0.25, -0.2) is 9.97 Å². The Bertz CT molecular complexity index is 3460. The zero-order chi connectivity index (χ0) is 37.5. The van der Waals surface area contributed by atoms with Crippen molar-refractivity contribution in [3.8, 4) is 45.3 Å². The van der Waals surface area contributed by atoms with Crippen molar-refractivity contribution in [1.29, 1.82) is 0 Å². The van der Waals surface area contributed by atoms with Crippen molar-refractivity contribution in [2.45, 2.75) is 0 Å². The molecule has 0 aliphatic carbocycles. The van der Waals surface area contributed by atoms with Crippen molar-refractivity contribution >= 4 is 75.1 Å². The van der Waals surface area contributed by atoms with Gasteiger partial charge in [0.2, 0.25) is 5.95 Å². The molecule has 0 aliphatic heterocycles. The Morgan fingerprint density at radius 3 is 1.44 bits per heavy atom. The lowest BCUT2D eigenvalue weighted by Crippen LogP contribution is -2.03. The lowest BCUT2D eigenvalue weighted by Gasteiger charge is -2.12. The van der Waals surface area contributed by atoms with Gasteiger partial charge in [0.1, 0.15) is 0 Å². The summed E-state index contributed by atoms with van der Waals surface area (Å²) in [4.78, 5) is 10.4. The minimum atomic E-state index is 0.650. The van der Waals surface area contributed by atoms with E-state index in [2.05, 4.69) is 191 Å². The van der Waals surface area contributed by atoms with Gasteiger partial charge in [-0.2, -0.15) is 0 Å². The first-order valence-electron chi connectivity index (χ1n) is 19.2. The van der Waals surface area contributed by atoms with Crippen LogP contribution in [0, 0.1) is 0 Å². The number of fused-ring (bicyclic) bond motifs is 9. The van der Waals surface area contributed by atoms with Crippen LogP contribution in [-0.2, 0) is 0 Å². The maximum absolute atomic E-state index is 5.22. The molecule has 0 amide bonds. The Hall–Kier alpha value is -7.34. The Kier molecular flexibility index (Phi) is 7.06. The summed E-state index contributed by atoms with van der Waals surface area (Å²) in [5, 5.41) is 7.42. The molecule has 4 nitrogen and oxygen atoms in total. The van der Waals surface area contributed by atoms with Crippen molar-refractivity contribution in [2.24, 2.45) is 0 Å². The molecule has 4 aromatic heterocycles. The number of rotatable bonds is 5. The largest absolute Gasteiger partial charge is 0.309 e. The average molecular weight is 745 g/mol. The molecule has 0 atom stereocenters. The van der Waals surface area contributed by atoms with Crippen LogP contribution in [0.25, 0.3) is 109 Å². The summed E-state index contributed by atoms with van der Waals surface area (Å²) in [6, 6.07) is 69.6. The van der Waals surface area contributed by atoms with E-state index < -0.39 is 0 Å². The molecule has 0 aliphatic rings. The molecule has 0 spiro atoms. The third-order valence-corrected chi connectivity index (χ3v) is 12.5. The molecule has 0 saturated carbocycles. The molecular weight excluding hydrogens is 713 g/mol. The highest BCUT2D eigenvalue weighted by Crippen LogP contribution is 2.40. The van der Waals surface area contributed by atoms with Gasteiger partial charge >= 0.3 is 0 Å². The molecule has 0 saturated heterocycles. The molecule has 57 heavy (non-hydrogen) atoms. The third-order valence-electron chi connectivity index (χ3n) is 11.4. The Balaban J connectivity index is 1.03. The van der Waals surface area contributed by atoms with Crippen molar-refractivity contribution in [3.05, 3.63) is 194 Å². The quantitative estimate of drug-likeness (QED) is 0.176. The fourth-order valence-electron chi connectivity index (χ4n) is 8.70. The van der Waals surface area contributed by atoms with Crippen LogP contribution >= 0.6 is 11.3 Å². The van der Waals surface area contributed by atoms with E-state index in [1.807, 2.05) is 23.5 Å². The normalized spacial score (nSPS) is 11.9. The van der Waals surface area contributed by atoms with Crippen LogP contribution in [0.4, 0.5) is 0 Å². The van der Waals surface area contributed by atoms with Crippen LogP contribution in [0.1, 0.15) is 0 Å². The van der Waals surface area contributed by atoms with Gasteiger partial charge < -0.3 is 4.57 Å². The van der Waals surface area contributed by atoms with Crippen molar-refractivity contribution in [2.75, 3.05) is 0 Å². The van der Waals surface area contributed by atoms with Crippen molar-refractivity contribution < 1.29 is 0 Å². The van der Waals surface area contributed by atoms with Gasteiger partial charge in [-0.05, 0) is 77.9 Å². The standard InChI is InChI=1S/C52H32N4S/c1-3-13-33(14-4-1)44-32-45(34-15-5-2-6-16-34)54-52(53-44)56-47-21-11-8-18-39(47)42-30-36(24-27-49(42)56)35-23-26-48-41(29-35)38-17-7-10-20-46(38)55(48)37-25-28-51-43(31-37)40-19-9-12-22-50(40)57-51/h1-32H. The number of hydrogen-bond donors (Lipinski definition) is 0. The maximum Gasteiger partial charge on any atom is 0.235 e. The number of hydrogen-bond acceptors (Lipinski definition) is 3. The topological polar surface area (TPSA) is 35.6 Å². The van der Waals surface area contributed by atoms with Crippen LogP contribution in [-0.4, -0.2) is 19.1 Å². The minimum Gasteiger partial charge on any atom is -0.309 e. The summed E-state index contributed by atoms with van der Waals surface area (Å²) in [7, 11) is 0. The predicted octanol–water partition coefficient (Wildman–Crippen LogP) is 14.0. The minimum absolute atomic E-state index is 0.650. The van der Waals surface area contributed by atoms with Gasteiger partial charge in [0.25, 0.3) is 0 Å². The summed E-state index contributed by atoms with van der Waals surface area (Å²) in [6.45, 7) is 0. The Morgan fingerprint density at radius 1 is 0.316 bits per heavy atom. The molecule has 0 radical (unpaired) electrons. The van der Waals surface area contributed by atoms with E-state index in [9.17, 15) is 0 Å². The molecule has 12 rings (SSSR count). The highest BCUT2D eigenvalue weighted by atomic mass is 32.1. The molecule has 8 aromatic carbocycles. The Morgan fingerprint density at radius 2 is 0.807 bits per heavy atom. The lowest BCUT2D eigenvalue weighted by atomic mass is 10.0. The van der Waals surface area contributed by atoms with E-state index in [0.717, 1.165) is 38.9 Å². The molecular formula is C52H32N4S. The summed E-state index contributed by atoms with van der Waals surface area (Å²) < 4.78 is 7.27. The van der Waals surface area contributed by atoms with Gasteiger partial charge in [0, 0.05) is 58.5 Å². The first-order valence-corrected chi connectivity index (χ1v) is 20.1. The maximum atomic E-state index is 5.22. The SMILES string of the molecule is c1ccc(-c2cc(-c3ccccc3)nc(-n3c4ccccc4c4cc(-c5ccc6c(c5)c5ccccc5n6-c5ccc6sc7ccccc7c6c5)ccc43)n2)cc1. The van der Waals surface area contributed by atoms with E-state index in [4.69, 9.17) is 9.97 Å². The number of nitrogens with zero attached hydrogens (tertiary/aromatic N) is 4. The van der Waals surface area contributed by atoms with Crippen molar-refractivity contribution in [1.82, 2.24) is 19.1 Å². The molecule has 266 valence electrons. The van der Waals surface area contributed by atoms with Gasteiger partial charge in [0.15, 0.2) is 0 Å². The fraction of sp³-hybridized carbons (Fsp3) is 0. The molecule has 0 N–H and O–H groups in total. The van der Waals surface area contributed by atoms with E-state index >= 15 is 0 Å².